The smallest absolute Gasteiger partial charge is 0.309 e. The van der Waals surface area contributed by atoms with E-state index < -0.39 is 17.4 Å². The molecule has 18 heavy (non-hydrogen) atoms. The van der Waals surface area contributed by atoms with E-state index in [2.05, 4.69) is 10.2 Å². The molecule has 2 rings (SSSR count). The molecule has 5 heteroatoms. The van der Waals surface area contributed by atoms with Gasteiger partial charge in [-0.25, -0.2) is 0 Å². The Hall–Kier alpha value is -1.10. The predicted molar refractivity (Wildman–Crippen MR) is 67.2 cm³/mol. The van der Waals surface area contributed by atoms with Crippen molar-refractivity contribution < 1.29 is 14.7 Å². The number of amides is 1. The van der Waals surface area contributed by atoms with Crippen molar-refractivity contribution in [3.8, 4) is 0 Å². The maximum atomic E-state index is 12.1. The first-order valence-corrected chi connectivity index (χ1v) is 6.71. The quantitative estimate of drug-likeness (QED) is 0.766. The van der Waals surface area contributed by atoms with Gasteiger partial charge in [0.05, 0.1) is 11.5 Å². The number of carboxylic acids is 1. The van der Waals surface area contributed by atoms with E-state index in [9.17, 15) is 14.7 Å². The summed E-state index contributed by atoms with van der Waals surface area (Å²) < 4.78 is 0. The Morgan fingerprint density at radius 3 is 2.56 bits per heavy atom. The van der Waals surface area contributed by atoms with Gasteiger partial charge >= 0.3 is 5.97 Å². The first-order chi connectivity index (χ1) is 8.43. The monoisotopic (exact) mass is 254 g/mol. The number of hydrogen-bond donors (Lipinski definition) is 2. The van der Waals surface area contributed by atoms with Crippen LogP contribution in [0.1, 0.15) is 39.5 Å². The van der Waals surface area contributed by atoms with Crippen molar-refractivity contribution >= 4 is 11.9 Å². The minimum Gasteiger partial charge on any atom is -0.481 e. The van der Waals surface area contributed by atoms with Crippen molar-refractivity contribution in [2.75, 3.05) is 13.1 Å². The molecule has 1 saturated heterocycles. The molecule has 0 aromatic carbocycles. The van der Waals surface area contributed by atoms with Crippen molar-refractivity contribution in [2.24, 2.45) is 5.92 Å². The second-order valence-corrected chi connectivity index (χ2v) is 5.89. The SMILES string of the molecule is CC1(C)C(=O)NCC(C(=O)O)CN1C1CCCC1. The number of aliphatic carboxylic acids is 1. The van der Waals surface area contributed by atoms with Gasteiger partial charge < -0.3 is 10.4 Å². The predicted octanol–water partition coefficient (Wildman–Crippen LogP) is 0.840. The summed E-state index contributed by atoms with van der Waals surface area (Å²) in [6.07, 6.45) is 4.50. The van der Waals surface area contributed by atoms with E-state index in [1.807, 2.05) is 13.8 Å². The van der Waals surface area contributed by atoms with Crippen LogP contribution in [0.3, 0.4) is 0 Å². The van der Waals surface area contributed by atoms with E-state index in [4.69, 9.17) is 0 Å². The number of nitrogens with zero attached hydrogens (tertiary/aromatic N) is 1. The van der Waals surface area contributed by atoms with E-state index in [0.717, 1.165) is 12.8 Å². The highest BCUT2D eigenvalue weighted by Gasteiger charge is 2.43. The van der Waals surface area contributed by atoms with Crippen LogP contribution in [0.25, 0.3) is 0 Å². The molecular weight excluding hydrogens is 232 g/mol. The number of carbonyl (C=O) groups excluding carboxylic acids is 1. The first-order valence-electron chi connectivity index (χ1n) is 6.71. The van der Waals surface area contributed by atoms with Gasteiger partial charge in [-0.1, -0.05) is 12.8 Å². The number of nitrogens with one attached hydrogen (secondary N) is 1. The second kappa shape index (κ2) is 4.88. The molecule has 0 aromatic rings. The molecule has 1 amide bonds. The summed E-state index contributed by atoms with van der Waals surface area (Å²) in [4.78, 5) is 25.4. The molecule has 2 aliphatic rings. The van der Waals surface area contributed by atoms with Gasteiger partial charge in [0.1, 0.15) is 0 Å². The Morgan fingerprint density at radius 1 is 1.39 bits per heavy atom. The van der Waals surface area contributed by atoms with Crippen LogP contribution in [0.5, 0.6) is 0 Å². The fourth-order valence-corrected chi connectivity index (χ4v) is 3.08. The zero-order chi connectivity index (χ0) is 13.3. The molecular formula is C13H22N2O3. The average molecular weight is 254 g/mol. The Bertz CT molecular complexity index is 348. The number of rotatable bonds is 2. The average Bonchev–Trinajstić information content (AvgIpc) is 2.77. The summed E-state index contributed by atoms with van der Waals surface area (Å²) in [7, 11) is 0. The van der Waals surface area contributed by atoms with Gasteiger partial charge in [-0.05, 0) is 26.7 Å². The van der Waals surface area contributed by atoms with Gasteiger partial charge in [0.2, 0.25) is 5.91 Å². The molecule has 1 aliphatic heterocycles. The number of carbonyl (C=O) groups is 2. The summed E-state index contributed by atoms with van der Waals surface area (Å²) in [5.41, 5.74) is -0.612. The van der Waals surface area contributed by atoms with Crippen molar-refractivity contribution in [3.05, 3.63) is 0 Å². The standard InChI is InChI=1S/C13H22N2O3/c1-13(2)12(18)14-7-9(11(16)17)8-15(13)10-5-3-4-6-10/h9-10H,3-8H2,1-2H3,(H,14,18)(H,16,17). The molecule has 0 bridgehead atoms. The van der Waals surface area contributed by atoms with Crippen LogP contribution in [0.15, 0.2) is 0 Å². The third-order valence-electron chi connectivity index (χ3n) is 4.31. The molecule has 1 atom stereocenters. The van der Waals surface area contributed by atoms with Crippen LogP contribution in [-0.2, 0) is 9.59 Å². The van der Waals surface area contributed by atoms with Crippen LogP contribution in [-0.4, -0.2) is 46.6 Å². The van der Waals surface area contributed by atoms with E-state index in [1.165, 1.54) is 12.8 Å². The van der Waals surface area contributed by atoms with Gasteiger partial charge in [-0.3, -0.25) is 14.5 Å². The zero-order valence-electron chi connectivity index (χ0n) is 11.1. The van der Waals surface area contributed by atoms with E-state index >= 15 is 0 Å². The largest absolute Gasteiger partial charge is 0.481 e. The molecule has 102 valence electrons. The van der Waals surface area contributed by atoms with Crippen LogP contribution in [0.2, 0.25) is 0 Å². The fraction of sp³-hybridized carbons (Fsp3) is 0.846. The van der Waals surface area contributed by atoms with Crippen molar-refractivity contribution in [1.29, 1.82) is 0 Å². The molecule has 1 unspecified atom stereocenters. The molecule has 0 spiro atoms. The van der Waals surface area contributed by atoms with Crippen LogP contribution >= 0.6 is 0 Å². The van der Waals surface area contributed by atoms with Crippen LogP contribution < -0.4 is 5.32 Å². The molecule has 1 saturated carbocycles. The summed E-state index contributed by atoms with van der Waals surface area (Å²) in [6, 6.07) is 0.352. The third-order valence-corrected chi connectivity index (χ3v) is 4.31. The van der Waals surface area contributed by atoms with Gasteiger partial charge in [0.15, 0.2) is 0 Å². The van der Waals surface area contributed by atoms with E-state index in [0.29, 0.717) is 12.6 Å². The molecule has 2 N–H and O–H groups in total. The van der Waals surface area contributed by atoms with E-state index in [-0.39, 0.29) is 12.5 Å². The second-order valence-electron chi connectivity index (χ2n) is 5.89. The molecule has 1 aliphatic carbocycles. The minimum atomic E-state index is -0.823. The highest BCUT2D eigenvalue weighted by atomic mass is 16.4. The van der Waals surface area contributed by atoms with Crippen LogP contribution in [0, 0.1) is 5.92 Å². The van der Waals surface area contributed by atoms with Gasteiger partial charge in [-0.15, -0.1) is 0 Å². The summed E-state index contributed by atoms with van der Waals surface area (Å²) >= 11 is 0. The Morgan fingerprint density at radius 2 is 2.00 bits per heavy atom. The summed E-state index contributed by atoms with van der Waals surface area (Å²) in [5, 5.41) is 12.0. The van der Waals surface area contributed by atoms with Crippen molar-refractivity contribution in [3.63, 3.8) is 0 Å². The lowest BCUT2D eigenvalue weighted by molar-refractivity contribution is -0.142. The van der Waals surface area contributed by atoms with Crippen LogP contribution in [0.4, 0.5) is 0 Å². The van der Waals surface area contributed by atoms with Gasteiger partial charge in [0.25, 0.3) is 0 Å². The van der Waals surface area contributed by atoms with Crippen molar-refractivity contribution in [1.82, 2.24) is 10.2 Å². The normalized spacial score (nSPS) is 29.9. The lowest BCUT2D eigenvalue weighted by atomic mass is 9.97. The number of hydrogen-bond acceptors (Lipinski definition) is 3. The molecule has 0 radical (unpaired) electrons. The molecule has 1 heterocycles. The minimum absolute atomic E-state index is 0.0573. The van der Waals surface area contributed by atoms with Crippen molar-refractivity contribution in [2.45, 2.75) is 51.1 Å². The maximum Gasteiger partial charge on any atom is 0.309 e. The number of carboxylic acid groups (broad SMARTS) is 1. The fourth-order valence-electron chi connectivity index (χ4n) is 3.08. The Labute approximate surface area is 108 Å². The summed E-state index contributed by atoms with van der Waals surface area (Å²) in [6.45, 7) is 4.49. The van der Waals surface area contributed by atoms with Gasteiger partial charge in [-0.2, -0.15) is 0 Å². The Balaban J connectivity index is 2.23. The lowest BCUT2D eigenvalue weighted by Crippen LogP contribution is -2.56. The van der Waals surface area contributed by atoms with Gasteiger partial charge in [0, 0.05) is 19.1 Å². The highest BCUT2D eigenvalue weighted by molar-refractivity contribution is 5.86. The first kappa shape index (κ1) is 13.3. The zero-order valence-corrected chi connectivity index (χ0v) is 11.1. The summed E-state index contributed by atoms with van der Waals surface area (Å²) in [5.74, 6) is -1.38. The lowest BCUT2D eigenvalue weighted by Gasteiger charge is -2.40. The molecule has 5 nitrogen and oxygen atoms in total. The molecule has 2 fully saturated rings. The Kier molecular flexibility index (Phi) is 3.61. The highest BCUT2D eigenvalue weighted by Crippen LogP contribution is 2.31. The molecule has 0 aromatic heterocycles. The maximum absolute atomic E-state index is 12.1. The topological polar surface area (TPSA) is 69.6 Å². The van der Waals surface area contributed by atoms with E-state index in [1.54, 1.807) is 0 Å². The third kappa shape index (κ3) is 2.36.